The number of amides is 1. The van der Waals surface area contributed by atoms with E-state index in [0.29, 0.717) is 24.7 Å². The first kappa shape index (κ1) is 34.6. The van der Waals surface area contributed by atoms with Crippen LogP contribution in [-0.4, -0.2) is 94.5 Å². The number of sulfonamides is 1. The number of carbonyl (C=O) groups is 1. The van der Waals surface area contributed by atoms with E-state index in [1.807, 2.05) is 6.92 Å². The van der Waals surface area contributed by atoms with E-state index < -0.39 is 16.1 Å². The molecule has 0 aliphatic carbocycles. The number of benzene rings is 2. The number of carbonyl (C=O) groups excluding carboxylic acids is 1. The van der Waals surface area contributed by atoms with Crippen LogP contribution in [0, 0.1) is 5.92 Å². The van der Waals surface area contributed by atoms with Crippen LogP contribution in [0.3, 0.4) is 0 Å². The van der Waals surface area contributed by atoms with E-state index in [4.69, 9.17) is 14.2 Å². The Balaban J connectivity index is 1.99. The van der Waals surface area contributed by atoms with Crippen molar-refractivity contribution in [1.82, 2.24) is 9.80 Å². The molecule has 0 saturated carbocycles. The summed E-state index contributed by atoms with van der Waals surface area (Å²) in [5.74, 6) is 0.540. The number of methoxy groups -OCH3 is 1. The van der Waals surface area contributed by atoms with Crippen molar-refractivity contribution in [3.05, 3.63) is 48.0 Å². The molecule has 0 spiro atoms. The topological polar surface area (TPSA) is 118 Å². The molecule has 4 atom stereocenters. The maximum absolute atomic E-state index is 14.2. The molecule has 2 aromatic carbocycles. The van der Waals surface area contributed by atoms with E-state index >= 15 is 0 Å². The smallest absolute Gasteiger partial charge is 0.261 e. The van der Waals surface area contributed by atoms with E-state index in [9.17, 15) is 18.3 Å². The van der Waals surface area contributed by atoms with Crippen molar-refractivity contribution < 1.29 is 32.5 Å². The molecule has 43 heavy (non-hydrogen) atoms. The Bertz CT molecular complexity index is 1270. The van der Waals surface area contributed by atoms with E-state index in [1.54, 1.807) is 36.1 Å². The second-order valence-electron chi connectivity index (χ2n) is 11.6. The van der Waals surface area contributed by atoms with Crippen molar-refractivity contribution in [3.63, 3.8) is 0 Å². The highest BCUT2D eigenvalue weighted by Gasteiger charge is 2.30. The summed E-state index contributed by atoms with van der Waals surface area (Å²) in [6.45, 7) is 10.4. The summed E-state index contributed by atoms with van der Waals surface area (Å²) < 4.78 is 46.7. The van der Waals surface area contributed by atoms with Gasteiger partial charge >= 0.3 is 0 Å². The first-order valence-corrected chi connectivity index (χ1v) is 16.7. The number of nitrogens with one attached hydrogen (secondary N) is 1. The van der Waals surface area contributed by atoms with Crippen LogP contribution in [-0.2, 0) is 14.8 Å². The van der Waals surface area contributed by atoms with Gasteiger partial charge in [-0.1, -0.05) is 13.8 Å². The van der Waals surface area contributed by atoms with Crippen LogP contribution < -0.4 is 14.2 Å². The van der Waals surface area contributed by atoms with Gasteiger partial charge in [-0.25, -0.2) is 8.42 Å². The lowest BCUT2D eigenvalue weighted by atomic mass is 10.0. The normalized spacial score (nSPS) is 21.4. The molecule has 10 nitrogen and oxygen atoms in total. The fraction of sp³-hybridized carbons (Fsp3) is 0.594. The Morgan fingerprint density at radius 2 is 1.88 bits per heavy atom. The lowest BCUT2D eigenvalue weighted by Gasteiger charge is -2.35. The lowest BCUT2D eigenvalue weighted by molar-refractivity contribution is -0.0167. The number of hydrogen-bond acceptors (Lipinski definition) is 8. The molecule has 0 fully saturated rings. The van der Waals surface area contributed by atoms with Gasteiger partial charge in [-0.05, 0) is 95.6 Å². The Hall–Kier alpha value is -2.86. The van der Waals surface area contributed by atoms with Crippen LogP contribution in [0.4, 0.5) is 5.69 Å². The summed E-state index contributed by atoms with van der Waals surface area (Å²) in [4.78, 5) is 18.2. The van der Waals surface area contributed by atoms with Crippen molar-refractivity contribution in [3.8, 4) is 11.5 Å². The van der Waals surface area contributed by atoms with Crippen molar-refractivity contribution >= 4 is 21.6 Å². The summed E-state index contributed by atoms with van der Waals surface area (Å²) in [5.41, 5.74) is 0.458. The molecule has 2 aromatic rings. The first-order valence-electron chi connectivity index (χ1n) is 15.2. The second-order valence-corrected chi connectivity index (χ2v) is 13.2. The standard InChI is InChI=1S/C32H49N3O7S/c1-7-17-34(5)21-31-23(2)20-35(24(3)22-36)32(37)29-19-26(11-16-30(29)42-25(4)10-8-9-18-41-31)33-43(38,39)28-14-12-27(40-6)13-15-28/h11-16,19,23-25,31,33,36H,7-10,17-18,20-22H2,1-6H3/t23-,24+,25-,31-/m1/s1. The number of aliphatic hydroxyl groups is 1. The number of rotatable bonds is 10. The number of nitrogens with zero attached hydrogens (tertiary/aromatic N) is 2. The molecule has 2 N–H and O–H groups in total. The summed E-state index contributed by atoms with van der Waals surface area (Å²) in [6.07, 6.45) is 3.33. The Morgan fingerprint density at radius 1 is 1.16 bits per heavy atom. The number of ether oxygens (including phenoxy) is 3. The maximum Gasteiger partial charge on any atom is 0.261 e. The Labute approximate surface area is 257 Å². The van der Waals surface area contributed by atoms with Crippen molar-refractivity contribution in [2.75, 3.05) is 51.7 Å². The SMILES string of the molecule is CCCN(C)C[C@H]1OCCCC[C@@H](C)Oc2ccc(NS(=O)(=O)c3ccc(OC)cc3)cc2C(=O)N([C@@H](C)CO)C[C@H]1C. The van der Waals surface area contributed by atoms with E-state index in [2.05, 4.69) is 30.5 Å². The molecular weight excluding hydrogens is 570 g/mol. The van der Waals surface area contributed by atoms with Crippen LogP contribution >= 0.6 is 0 Å². The van der Waals surface area contributed by atoms with Crippen LogP contribution in [0.15, 0.2) is 47.4 Å². The number of likely N-dealkylation sites (N-methyl/N-ethyl adjacent to an activating group) is 1. The summed E-state index contributed by atoms with van der Waals surface area (Å²) >= 11 is 0. The zero-order chi connectivity index (χ0) is 31.6. The van der Waals surface area contributed by atoms with E-state index in [0.717, 1.165) is 38.8 Å². The molecule has 0 radical (unpaired) electrons. The predicted molar refractivity (Wildman–Crippen MR) is 168 cm³/mol. The first-order chi connectivity index (χ1) is 20.5. The van der Waals surface area contributed by atoms with Gasteiger partial charge in [0.2, 0.25) is 0 Å². The highest BCUT2D eigenvalue weighted by atomic mass is 32.2. The van der Waals surface area contributed by atoms with Gasteiger partial charge in [0.15, 0.2) is 0 Å². The molecule has 0 unspecified atom stereocenters. The lowest BCUT2D eigenvalue weighted by Crippen LogP contribution is -2.47. The monoisotopic (exact) mass is 619 g/mol. The molecule has 1 amide bonds. The minimum Gasteiger partial charge on any atom is -0.497 e. The molecule has 11 heteroatoms. The molecule has 1 aliphatic heterocycles. The quantitative estimate of drug-likeness (QED) is 0.395. The van der Waals surface area contributed by atoms with Crippen LogP contribution in [0.2, 0.25) is 0 Å². The molecule has 1 heterocycles. The zero-order valence-electron chi connectivity index (χ0n) is 26.4. The van der Waals surface area contributed by atoms with E-state index in [1.165, 1.54) is 25.3 Å². The summed E-state index contributed by atoms with van der Waals surface area (Å²) in [6, 6.07) is 10.3. The largest absolute Gasteiger partial charge is 0.497 e. The number of aliphatic hydroxyl groups excluding tert-OH is 1. The van der Waals surface area contributed by atoms with Gasteiger partial charge in [0.25, 0.3) is 15.9 Å². The predicted octanol–water partition coefficient (Wildman–Crippen LogP) is 4.63. The Morgan fingerprint density at radius 3 is 2.53 bits per heavy atom. The molecular formula is C32H49N3O7S. The zero-order valence-corrected chi connectivity index (χ0v) is 27.2. The number of fused-ring (bicyclic) bond motifs is 1. The molecule has 0 aromatic heterocycles. The molecule has 3 rings (SSSR count). The van der Waals surface area contributed by atoms with Crippen LogP contribution in [0.25, 0.3) is 0 Å². The minimum atomic E-state index is -3.94. The second kappa shape index (κ2) is 16.3. The van der Waals surface area contributed by atoms with Crippen molar-refractivity contribution in [2.45, 2.75) is 76.5 Å². The maximum atomic E-state index is 14.2. The number of anilines is 1. The van der Waals surface area contributed by atoms with Gasteiger partial charge in [-0.2, -0.15) is 0 Å². The third kappa shape index (κ3) is 9.82. The third-order valence-electron chi connectivity index (χ3n) is 7.77. The average molecular weight is 620 g/mol. The van der Waals surface area contributed by atoms with Crippen LogP contribution in [0.1, 0.15) is 63.7 Å². The highest BCUT2D eigenvalue weighted by molar-refractivity contribution is 7.92. The fourth-order valence-electron chi connectivity index (χ4n) is 5.20. The van der Waals surface area contributed by atoms with E-state index in [-0.39, 0.29) is 46.8 Å². The molecule has 0 saturated heterocycles. The summed E-state index contributed by atoms with van der Waals surface area (Å²) in [7, 11) is -0.354. The van der Waals surface area contributed by atoms with Gasteiger partial charge in [-0.3, -0.25) is 9.52 Å². The van der Waals surface area contributed by atoms with Crippen molar-refractivity contribution in [2.24, 2.45) is 5.92 Å². The average Bonchev–Trinajstić information content (AvgIpc) is 2.98. The molecule has 0 bridgehead atoms. The third-order valence-corrected chi connectivity index (χ3v) is 9.17. The summed E-state index contributed by atoms with van der Waals surface area (Å²) in [5, 5.41) is 10.1. The molecule has 1 aliphatic rings. The van der Waals surface area contributed by atoms with Crippen molar-refractivity contribution in [1.29, 1.82) is 0 Å². The Kier molecular flexibility index (Phi) is 13.1. The highest BCUT2D eigenvalue weighted by Crippen LogP contribution is 2.30. The van der Waals surface area contributed by atoms with Gasteiger partial charge in [0.1, 0.15) is 11.5 Å². The van der Waals surface area contributed by atoms with Gasteiger partial charge in [0, 0.05) is 31.3 Å². The number of hydrogen-bond donors (Lipinski definition) is 2. The minimum absolute atomic E-state index is 0.0275. The van der Waals surface area contributed by atoms with Crippen LogP contribution in [0.5, 0.6) is 11.5 Å². The van der Waals surface area contributed by atoms with Gasteiger partial charge in [-0.15, -0.1) is 0 Å². The van der Waals surface area contributed by atoms with Gasteiger partial charge in [0.05, 0.1) is 42.4 Å². The van der Waals surface area contributed by atoms with Gasteiger partial charge < -0.3 is 29.1 Å². The fourth-order valence-corrected chi connectivity index (χ4v) is 6.25. The molecule has 240 valence electrons.